The lowest BCUT2D eigenvalue weighted by atomic mass is 10.0. The maximum absolute atomic E-state index is 12.1. The van der Waals surface area contributed by atoms with Gasteiger partial charge < -0.3 is 10.1 Å². The smallest absolute Gasteiger partial charge is 0.406 e. The predicted molar refractivity (Wildman–Crippen MR) is 77.6 cm³/mol. The van der Waals surface area contributed by atoms with Gasteiger partial charge >= 0.3 is 6.36 Å². The minimum absolute atomic E-state index is 0.162. The van der Waals surface area contributed by atoms with E-state index in [1.165, 1.54) is 19.1 Å². The second-order valence-corrected chi connectivity index (χ2v) is 4.78. The molecule has 116 valence electrons. The summed E-state index contributed by atoms with van der Waals surface area (Å²) in [6.45, 7) is 3.27. The maximum Gasteiger partial charge on any atom is 0.573 e. The van der Waals surface area contributed by atoms with Gasteiger partial charge in [0.2, 0.25) is 5.91 Å². The van der Waals surface area contributed by atoms with Crippen LogP contribution in [0.1, 0.15) is 12.5 Å². The number of nitrogens with one attached hydrogen (secondary N) is 1. The van der Waals surface area contributed by atoms with E-state index < -0.39 is 6.36 Å². The Morgan fingerprint density at radius 1 is 1.05 bits per heavy atom. The Morgan fingerprint density at radius 3 is 2.14 bits per heavy atom. The van der Waals surface area contributed by atoms with Gasteiger partial charge in [-0.15, -0.1) is 13.2 Å². The number of halogens is 3. The van der Waals surface area contributed by atoms with Crippen molar-refractivity contribution in [1.82, 2.24) is 0 Å². The molecule has 0 unspecified atom stereocenters. The molecule has 0 radical (unpaired) electrons. The van der Waals surface area contributed by atoms with E-state index in [0.29, 0.717) is 5.69 Å². The number of anilines is 1. The lowest BCUT2D eigenvalue weighted by molar-refractivity contribution is -0.274. The number of alkyl halides is 3. The quantitative estimate of drug-likeness (QED) is 0.905. The summed E-state index contributed by atoms with van der Waals surface area (Å²) < 4.78 is 40.2. The standard InChI is InChI=1S/C16H14F3NO2/c1-10-9-13(5-8-15(10)20-11(2)21)12-3-6-14(7-4-12)22-16(17,18)19/h3-9H,1-2H3,(H,20,21). The summed E-state index contributed by atoms with van der Waals surface area (Å²) >= 11 is 0. The minimum Gasteiger partial charge on any atom is -0.406 e. The van der Waals surface area contributed by atoms with Gasteiger partial charge in [0.15, 0.2) is 0 Å². The van der Waals surface area contributed by atoms with Gasteiger partial charge in [0.05, 0.1) is 0 Å². The molecule has 2 aromatic rings. The summed E-state index contributed by atoms with van der Waals surface area (Å²) in [7, 11) is 0. The summed E-state index contributed by atoms with van der Waals surface area (Å²) in [5.74, 6) is -0.424. The second kappa shape index (κ2) is 6.09. The van der Waals surface area contributed by atoms with Crippen molar-refractivity contribution in [2.75, 3.05) is 5.32 Å². The van der Waals surface area contributed by atoms with E-state index in [1.54, 1.807) is 24.3 Å². The molecular weight excluding hydrogens is 295 g/mol. The van der Waals surface area contributed by atoms with Crippen molar-refractivity contribution in [1.29, 1.82) is 0 Å². The molecule has 0 spiro atoms. The summed E-state index contributed by atoms with van der Waals surface area (Å²) in [6.07, 6.45) is -4.70. The molecular formula is C16H14F3NO2. The highest BCUT2D eigenvalue weighted by Crippen LogP contribution is 2.28. The predicted octanol–water partition coefficient (Wildman–Crippen LogP) is 4.52. The molecule has 22 heavy (non-hydrogen) atoms. The van der Waals surface area contributed by atoms with Crippen LogP contribution < -0.4 is 10.1 Å². The molecule has 1 N–H and O–H groups in total. The van der Waals surface area contributed by atoms with Gasteiger partial charge in [0, 0.05) is 12.6 Å². The first-order valence-corrected chi connectivity index (χ1v) is 6.49. The Bertz CT molecular complexity index is 679. The molecule has 0 aliphatic heterocycles. The van der Waals surface area contributed by atoms with E-state index >= 15 is 0 Å². The third kappa shape index (κ3) is 4.25. The van der Waals surface area contributed by atoms with Gasteiger partial charge in [-0.2, -0.15) is 0 Å². The molecule has 0 atom stereocenters. The molecule has 0 aliphatic rings. The van der Waals surface area contributed by atoms with Crippen LogP contribution in [0.5, 0.6) is 5.75 Å². The average Bonchev–Trinajstić information content (AvgIpc) is 2.40. The Kier molecular flexibility index (Phi) is 4.40. The van der Waals surface area contributed by atoms with Crippen molar-refractivity contribution in [3.8, 4) is 16.9 Å². The molecule has 3 nitrogen and oxygen atoms in total. The van der Waals surface area contributed by atoms with Gasteiger partial charge in [-0.1, -0.05) is 18.2 Å². The SMILES string of the molecule is CC(=O)Nc1ccc(-c2ccc(OC(F)(F)F)cc2)cc1C. The minimum atomic E-state index is -4.70. The molecule has 0 heterocycles. The molecule has 0 saturated carbocycles. The first-order valence-electron chi connectivity index (χ1n) is 6.49. The lowest BCUT2D eigenvalue weighted by Gasteiger charge is -2.11. The van der Waals surface area contributed by atoms with Crippen molar-refractivity contribution in [2.24, 2.45) is 0 Å². The van der Waals surface area contributed by atoms with E-state index in [9.17, 15) is 18.0 Å². The van der Waals surface area contributed by atoms with Gasteiger partial charge in [-0.25, -0.2) is 0 Å². The van der Waals surface area contributed by atoms with Crippen LogP contribution in [0.2, 0.25) is 0 Å². The number of benzene rings is 2. The normalized spacial score (nSPS) is 11.1. The Balaban J connectivity index is 2.21. The summed E-state index contributed by atoms with van der Waals surface area (Å²) in [4.78, 5) is 11.1. The first-order chi connectivity index (χ1) is 10.2. The molecule has 1 amide bonds. The average molecular weight is 309 g/mol. The van der Waals surface area contributed by atoms with Crippen LogP contribution >= 0.6 is 0 Å². The third-order valence-corrected chi connectivity index (χ3v) is 2.96. The zero-order valence-electron chi connectivity index (χ0n) is 12.0. The van der Waals surface area contributed by atoms with Crippen LogP contribution in [0.25, 0.3) is 11.1 Å². The number of carbonyl (C=O) groups excluding carboxylic acids is 1. The van der Waals surface area contributed by atoms with E-state index in [4.69, 9.17) is 0 Å². The van der Waals surface area contributed by atoms with Crippen LogP contribution in [0.15, 0.2) is 42.5 Å². The van der Waals surface area contributed by atoms with Crippen molar-refractivity contribution >= 4 is 11.6 Å². The highest BCUT2D eigenvalue weighted by molar-refractivity contribution is 5.90. The number of hydrogen-bond donors (Lipinski definition) is 1. The van der Waals surface area contributed by atoms with Gasteiger partial charge in [0.1, 0.15) is 5.75 Å². The topological polar surface area (TPSA) is 38.3 Å². The number of carbonyl (C=O) groups is 1. The maximum atomic E-state index is 12.1. The summed E-state index contributed by atoms with van der Waals surface area (Å²) in [5, 5.41) is 2.70. The number of aryl methyl sites for hydroxylation is 1. The monoisotopic (exact) mass is 309 g/mol. The van der Waals surface area contributed by atoms with Crippen LogP contribution in [-0.4, -0.2) is 12.3 Å². The molecule has 0 saturated heterocycles. The highest BCUT2D eigenvalue weighted by atomic mass is 19.4. The first kappa shape index (κ1) is 15.9. The fourth-order valence-electron chi connectivity index (χ4n) is 2.02. The van der Waals surface area contributed by atoms with Gasteiger partial charge in [-0.05, 0) is 47.9 Å². The van der Waals surface area contributed by atoms with Gasteiger partial charge in [0.25, 0.3) is 0 Å². The van der Waals surface area contributed by atoms with Crippen LogP contribution in [0.3, 0.4) is 0 Å². The third-order valence-electron chi connectivity index (χ3n) is 2.96. The summed E-state index contributed by atoms with van der Waals surface area (Å²) in [6, 6.07) is 11.0. The molecule has 0 aromatic heterocycles. The Morgan fingerprint density at radius 2 is 1.64 bits per heavy atom. The van der Waals surface area contributed by atoms with E-state index in [-0.39, 0.29) is 11.7 Å². The summed E-state index contributed by atoms with van der Waals surface area (Å²) in [5.41, 5.74) is 3.16. The van der Waals surface area contributed by atoms with E-state index in [2.05, 4.69) is 10.1 Å². The molecule has 6 heteroatoms. The fraction of sp³-hybridized carbons (Fsp3) is 0.188. The number of ether oxygens (including phenoxy) is 1. The number of hydrogen-bond acceptors (Lipinski definition) is 2. The second-order valence-electron chi connectivity index (χ2n) is 4.78. The molecule has 0 aliphatic carbocycles. The van der Waals surface area contributed by atoms with Crippen molar-refractivity contribution in [2.45, 2.75) is 20.2 Å². The van der Waals surface area contributed by atoms with Crippen LogP contribution in [0, 0.1) is 6.92 Å². The van der Waals surface area contributed by atoms with Crippen molar-refractivity contribution in [3.05, 3.63) is 48.0 Å². The molecule has 0 fully saturated rings. The molecule has 2 rings (SSSR count). The van der Waals surface area contributed by atoms with Crippen molar-refractivity contribution in [3.63, 3.8) is 0 Å². The fourth-order valence-corrected chi connectivity index (χ4v) is 2.02. The largest absolute Gasteiger partial charge is 0.573 e. The van der Waals surface area contributed by atoms with Gasteiger partial charge in [-0.3, -0.25) is 4.79 Å². The number of amides is 1. The Labute approximate surface area is 125 Å². The Hall–Kier alpha value is -2.50. The zero-order chi connectivity index (χ0) is 16.3. The highest BCUT2D eigenvalue weighted by Gasteiger charge is 2.30. The molecule has 0 bridgehead atoms. The van der Waals surface area contributed by atoms with Crippen LogP contribution in [0.4, 0.5) is 18.9 Å². The van der Waals surface area contributed by atoms with Crippen molar-refractivity contribution < 1.29 is 22.7 Å². The molecule has 2 aromatic carbocycles. The van der Waals surface area contributed by atoms with E-state index in [1.807, 2.05) is 13.0 Å². The van der Waals surface area contributed by atoms with E-state index in [0.717, 1.165) is 16.7 Å². The zero-order valence-corrected chi connectivity index (χ0v) is 12.0. The lowest BCUT2D eigenvalue weighted by Crippen LogP contribution is -2.16. The van der Waals surface area contributed by atoms with Crippen LogP contribution in [-0.2, 0) is 4.79 Å². The number of rotatable bonds is 3.